The van der Waals surface area contributed by atoms with Crippen LogP contribution in [0.4, 0.5) is 10.7 Å². The maximum Gasteiger partial charge on any atom is 0.321 e. The number of rotatable bonds is 3. The second-order valence-electron chi connectivity index (χ2n) is 3.07. The minimum Gasteiger partial charge on any atom is -0.338 e. The monoisotopic (exact) mass is 238 g/mol. The Kier molecular flexibility index (Phi) is 3.16. The van der Waals surface area contributed by atoms with Crippen LogP contribution in [0, 0.1) is 6.92 Å². The number of carbonyl (C=O) groups is 1. The van der Waals surface area contributed by atoms with Crippen LogP contribution >= 0.6 is 11.3 Å². The van der Waals surface area contributed by atoms with E-state index in [4.69, 9.17) is 4.52 Å². The van der Waals surface area contributed by atoms with E-state index < -0.39 is 0 Å². The number of amides is 2. The Morgan fingerprint density at radius 3 is 3.12 bits per heavy atom. The van der Waals surface area contributed by atoms with Gasteiger partial charge in [0.1, 0.15) is 5.01 Å². The van der Waals surface area contributed by atoms with Gasteiger partial charge in [-0.05, 0) is 6.92 Å². The largest absolute Gasteiger partial charge is 0.338 e. The lowest BCUT2D eigenvalue weighted by molar-refractivity contribution is 0.251. The molecule has 0 saturated heterocycles. The normalized spacial score (nSPS) is 10.1. The molecule has 0 radical (unpaired) electrons. The summed E-state index contributed by atoms with van der Waals surface area (Å²) in [6.45, 7) is 2.18. The highest BCUT2D eigenvalue weighted by atomic mass is 32.1. The molecule has 2 aromatic heterocycles. The molecule has 2 N–H and O–H groups in total. The van der Waals surface area contributed by atoms with E-state index in [1.165, 1.54) is 11.3 Å². The van der Waals surface area contributed by atoms with Gasteiger partial charge >= 0.3 is 6.03 Å². The topological polar surface area (TPSA) is 80.0 Å². The van der Waals surface area contributed by atoms with Crippen LogP contribution in [-0.4, -0.2) is 16.2 Å². The van der Waals surface area contributed by atoms with Crippen molar-refractivity contribution in [1.82, 2.24) is 15.5 Å². The summed E-state index contributed by atoms with van der Waals surface area (Å²) in [5.74, 6) is 0.328. The fourth-order valence-corrected chi connectivity index (χ4v) is 1.63. The number of thiazole rings is 1. The number of urea groups is 1. The summed E-state index contributed by atoms with van der Waals surface area (Å²) in [6, 6.07) is 1.30. The zero-order valence-corrected chi connectivity index (χ0v) is 9.37. The van der Waals surface area contributed by atoms with Crippen molar-refractivity contribution in [1.29, 1.82) is 0 Å². The Morgan fingerprint density at radius 2 is 2.50 bits per heavy atom. The van der Waals surface area contributed by atoms with Gasteiger partial charge in [-0.1, -0.05) is 5.16 Å². The minimum absolute atomic E-state index is 0.328. The van der Waals surface area contributed by atoms with Crippen LogP contribution in [0.5, 0.6) is 0 Å². The van der Waals surface area contributed by atoms with Gasteiger partial charge in [-0.2, -0.15) is 0 Å². The molecule has 0 aromatic carbocycles. The molecule has 6 nitrogen and oxygen atoms in total. The van der Waals surface area contributed by atoms with E-state index in [1.54, 1.807) is 19.2 Å². The third kappa shape index (κ3) is 2.80. The maximum atomic E-state index is 11.4. The van der Waals surface area contributed by atoms with E-state index in [2.05, 4.69) is 20.8 Å². The molecule has 0 unspecified atom stereocenters. The summed E-state index contributed by atoms with van der Waals surface area (Å²) in [5, 5.41) is 11.5. The molecule has 0 aliphatic carbocycles. The van der Waals surface area contributed by atoms with Crippen molar-refractivity contribution in [3.05, 3.63) is 28.3 Å². The Balaban J connectivity index is 1.81. The van der Waals surface area contributed by atoms with E-state index in [0.717, 1.165) is 10.7 Å². The van der Waals surface area contributed by atoms with Crippen molar-refractivity contribution < 1.29 is 9.32 Å². The first-order valence-electron chi connectivity index (χ1n) is 4.60. The Hall–Kier alpha value is -1.89. The smallest absolute Gasteiger partial charge is 0.321 e. The van der Waals surface area contributed by atoms with Crippen LogP contribution in [-0.2, 0) is 6.54 Å². The predicted molar refractivity (Wildman–Crippen MR) is 59.2 cm³/mol. The summed E-state index contributed by atoms with van der Waals surface area (Å²) >= 11 is 1.49. The molecule has 0 saturated carbocycles. The molecule has 0 spiro atoms. The molecule has 7 heteroatoms. The third-order valence-corrected chi connectivity index (χ3v) is 2.53. The van der Waals surface area contributed by atoms with E-state index in [1.807, 2.05) is 5.38 Å². The van der Waals surface area contributed by atoms with Gasteiger partial charge in [0.2, 0.25) is 5.88 Å². The van der Waals surface area contributed by atoms with Crippen LogP contribution in [0.2, 0.25) is 0 Å². The first-order chi connectivity index (χ1) is 7.74. The van der Waals surface area contributed by atoms with Gasteiger partial charge in [-0.3, -0.25) is 5.32 Å². The zero-order chi connectivity index (χ0) is 11.4. The number of hydrogen-bond donors (Lipinski definition) is 2. The Labute approximate surface area is 95.7 Å². The number of carbonyl (C=O) groups excluding carboxylic acids is 1. The highest BCUT2D eigenvalue weighted by Gasteiger charge is 2.06. The van der Waals surface area contributed by atoms with Crippen molar-refractivity contribution in [2.75, 3.05) is 5.32 Å². The number of aryl methyl sites for hydroxylation is 1. The summed E-state index contributed by atoms with van der Waals surface area (Å²) < 4.78 is 4.84. The second-order valence-corrected chi connectivity index (χ2v) is 4.05. The molecular formula is C9H10N4O2S. The van der Waals surface area contributed by atoms with Crippen molar-refractivity contribution in [3.8, 4) is 0 Å². The summed E-state index contributed by atoms with van der Waals surface area (Å²) in [6.07, 6.45) is 1.69. The number of aromatic nitrogens is 2. The molecule has 2 aromatic rings. The molecule has 0 aliphatic heterocycles. The minimum atomic E-state index is -0.341. The van der Waals surface area contributed by atoms with Gasteiger partial charge in [-0.25, -0.2) is 9.78 Å². The fraction of sp³-hybridized carbons (Fsp3) is 0.222. The van der Waals surface area contributed by atoms with Gasteiger partial charge in [0, 0.05) is 17.6 Å². The first kappa shape index (κ1) is 10.6. The van der Waals surface area contributed by atoms with Crippen molar-refractivity contribution >= 4 is 23.3 Å². The molecule has 0 aliphatic rings. The van der Waals surface area contributed by atoms with Gasteiger partial charge in [-0.15, -0.1) is 11.3 Å². The molecule has 0 fully saturated rings. The summed E-state index contributed by atoms with van der Waals surface area (Å²) in [4.78, 5) is 15.4. The first-order valence-corrected chi connectivity index (χ1v) is 5.48. The predicted octanol–water partition coefficient (Wildman–Crippen LogP) is 1.76. The van der Waals surface area contributed by atoms with Crippen LogP contribution in [0.3, 0.4) is 0 Å². The molecule has 84 valence electrons. The molecule has 16 heavy (non-hydrogen) atoms. The molecule has 2 amide bonds. The summed E-state index contributed by atoms with van der Waals surface area (Å²) in [7, 11) is 0. The quantitative estimate of drug-likeness (QED) is 0.853. The van der Waals surface area contributed by atoms with Gasteiger partial charge in [0.05, 0.1) is 12.2 Å². The standard InChI is InChI=1S/C9H10N4O2S/c1-6-4-7(15-13-6)12-9(14)11-5-8-10-2-3-16-8/h2-4H,5H2,1H3,(H2,11,12,14). The molecule has 0 bridgehead atoms. The number of anilines is 1. The van der Waals surface area contributed by atoms with E-state index >= 15 is 0 Å². The highest BCUT2D eigenvalue weighted by Crippen LogP contribution is 2.08. The second kappa shape index (κ2) is 4.75. The van der Waals surface area contributed by atoms with E-state index in [9.17, 15) is 4.79 Å². The Bertz CT molecular complexity index is 466. The van der Waals surface area contributed by atoms with Crippen LogP contribution < -0.4 is 10.6 Å². The fourth-order valence-electron chi connectivity index (χ4n) is 1.07. The Morgan fingerprint density at radius 1 is 1.62 bits per heavy atom. The van der Waals surface area contributed by atoms with Gasteiger partial charge < -0.3 is 9.84 Å². The SMILES string of the molecule is Cc1cc(NC(=O)NCc2nccs2)on1. The highest BCUT2D eigenvalue weighted by molar-refractivity contribution is 7.09. The van der Waals surface area contributed by atoms with E-state index in [0.29, 0.717) is 12.4 Å². The lowest BCUT2D eigenvalue weighted by Gasteiger charge is -2.01. The van der Waals surface area contributed by atoms with Crippen LogP contribution in [0.25, 0.3) is 0 Å². The lowest BCUT2D eigenvalue weighted by Crippen LogP contribution is -2.27. The lowest BCUT2D eigenvalue weighted by atomic mass is 10.5. The number of nitrogens with one attached hydrogen (secondary N) is 2. The average molecular weight is 238 g/mol. The van der Waals surface area contributed by atoms with Gasteiger partial charge in [0.15, 0.2) is 0 Å². The molecule has 2 heterocycles. The molecular weight excluding hydrogens is 228 g/mol. The van der Waals surface area contributed by atoms with Crippen molar-refractivity contribution in [2.24, 2.45) is 0 Å². The molecule has 0 atom stereocenters. The third-order valence-electron chi connectivity index (χ3n) is 1.75. The van der Waals surface area contributed by atoms with Gasteiger partial charge in [0.25, 0.3) is 0 Å². The van der Waals surface area contributed by atoms with Crippen LogP contribution in [0.1, 0.15) is 10.7 Å². The van der Waals surface area contributed by atoms with Crippen molar-refractivity contribution in [3.63, 3.8) is 0 Å². The maximum absolute atomic E-state index is 11.4. The van der Waals surface area contributed by atoms with Crippen LogP contribution in [0.15, 0.2) is 22.2 Å². The number of nitrogens with zero attached hydrogens (tertiary/aromatic N) is 2. The zero-order valence-electron chi connectivity index (χ0n) is 8.56. The summed E-state index contributed by atoms with van der Waals surface area (Å²) in [5.41, 5.74) is 0.718. The number of hydrogen-bond acceptors (Lipinski definition) is 5. The van der Waals surface area contributed by atoms with Crippen molar-refractivity contribution in [2.45, 2.75) is 13.5 Å². The molecule has 2 rings (SSSR count). The van der Waals surface area contributed by atoms with E-state index in [-0.39, 0.29) is 6.03 Å². The average Bonchev–Trinajstić information content (AvgIpc) is 2.87.